The van der Waals surface area contributed by atoms with Crippen LogP contribution < -0.4 is 14.4 Å². The van der Waals surface area contributed by atoms with E-state index in [1.54, 1.807) is 35.2 Å². The van der Waals surface area contributed by atoms with Gasteiger partial charge in [0.05, 0.1) is 20.2 Å². The van der Waals surface area contributed by atoms with Gasteiger partial charge in [-0.1, -0.05) is 23.7 Å². The minimum absolute atomic E-state index is 0.0822. The third-order valence-electron chi connectivity index (χ3n) is 7.43. The van der Waals surface area contributed by atoms with Crippen LogP contribution in [0.5, 0.6) is 11.5 Å². The van der Waals surface area contributed by atoms with Crippen molar-refractivity contribution in [2.75, 3.05) is 44.8 Å². The second-order valence-electron chi connectivity index (χ2n) is 9.78. The zero-order chi connectivity index (χ0) is 27.8. The van der Waals surface area contributed by atoms with Crippen LogP contribution in [0.25, 0.3) is 11.1 Å². The number of methoxy groups -OCH3 is 1. The molecule has 206 valence electrons. The van der Waals surface area contributed by atoms with Gasteiger partial charge in [0.2, 0.25) is 0 Å². The zero-order valence-corrected chi connectivity index (χ0v) is 22.1. The van der Waals surface area contributed by atoms with E-state index in [4.69, 9.17) is 21.1 Å². The molecule has 1 saturated heterocycles. The number of benzene rings is 2. The minimum Gasteiger partial charge on any atom is -0.493 e. The Hall–Kier alpha value is -3.50. The molecule has 2 aromatic carbocycles. The first-order valence-corrected chi connectivity index (χ1v) is 13.1. The maximum Gasteiger partial charge on any atom is 0.509 e. The normalized spacial score (nSPS) is 16.7. The van der Waals surface area contributed by atoms with Crippen LogP contribution in [0.15, 0.2) is 54.7 Å². The van der Waals surface area contributed by atoms with Crippen LogP contribution in [-0.2, 0) is 11.3 Å². The highest BCUT2D eigenvalue weighted by Gasteiger charge is 2.55. The Bertz CT molecular complexity index is 1380. The Morgan fingerprint density at radius 3 is 2.38 bits per heavy atom. The highest BCUT2D eigenvalue weighted by molar-refractivity contribution is 6.30. The van der Waals surface area contributed by atoms with Crippen molar-refractivity contribution in [2.45, 2.75) is 25.6 Å². The number of carbonyl (C=O) groups excluding carboxylic acids is 2. The lowest BCUT2D eigenvalue weighted by Crippen LogP contribution is -2.57. The van der Waals surface area contributed by atoms with Crippen molar-refractivity contribution in [3.05, 3.63) is 65.4 Å². The van der Waals surface area contributed by atoms with Crippen molar-refractivity contribution in [1.82, 2.24) is 4.57 Å². The molecule has 0 bridgehead atoms. The number of quaternary nitrogens is 1. The van der Waals surface area contributed by atoms with Gasteiger partial charge < -0.3 is 18.9 Å². The number of alkyl halides is 3. The number of halogens is 4. The molecule has 0 N–H and O–H groups in total. The van der Waals surface area contributed by atoms with E-state index < -0.39 is 16.6 Å². The van der Waals surface area contributed by atoms with Gasteiger partial charge in [-0.25, -0.2) is 9.28 Å². The number of hydrogen-bond acceptors (Lipinski definition) is 4. The Balaban J connectivity index is 1.30. The summed E-state index contributed by atoms with van der Waals surface area (Å²) in [5, 5.41) is 0.637. The molecule has 0 unspecified atom stereocenters. The van der Waals surface area contributed by atoms with Crippen LogP contribution in [0, 0.1) is 0 Å². The molecular weight excluding hydrogens is 535 g/mol. The van der Waals surface area contributed by atoms with Crippen LogP contribution >= 0.6 is 11.6 Å². The molecule has 2 aliphatic heterocycles. The molecule has 1 fully saturated rings. The van der Waals surface area contributed by atoms with Crippen molar-refractivity contribution < 1.29 is 36.7 Å². The fourth-order valence-corrected chi connectivity index (χ4v) is 5.51. The van der Waals surface area contributed by atoms with Crippen molar-refractivity contribution in [1.29, 1.82) is 0 Å². The van der Waals surface area contributed by atoms with E-state index >= 15 is 0 Å². The smallest absolute Gasteiger partial charge is 0.493 e. The predicted octanol–water partition coefficient (Wildman–Crippen LogP) is 5.56. The van der Waals surface area contributed by atoms with Crippen LogP contribution in [0.4, 0.5) is 18.9 Å². The standard InChI is InChI=1S/C28H28ClF3N3O4/c1-38-25-17-22(8-9-24(25)39-15-14-35(12-2-3-13-35)27(37)28(30,31)32)34-11-10-33-18-20(16-23(33)26(34)36)19-4-6-21(29)7-5-19/h4-9,16-18H,2-3,10-15H2,1H3/q+1. The summed E-state index contributed by atoms with van der Waals surface area (Å²) < 4.78 is 52.1. The summed E-state index contributed by atoms with van der Waals surface area (Å²) in [6, 6.07) is 14.3. The number of nitrogens with zero attached hydrogens (tertiary/aromatic N) is 3. The monoisotopic (exact) mass is 562 g/mol. The molecule has 1 aromatic heterocycles. The van der Waals surface area contributed by atoms with E-state index in [2.05, 4.69) is 0 Å². The first-order chi connectivity index (χ1) is 18.6. The van der Waals surface area contributed by atoms with Crippen LogP contribution in [0.2, 0.25) is 5.02 Å². The van der Waals surface area contributed by atoms with Gasteiger partial charge in [-0.3, -0.25) is 4.79 Å². The van der Waals surface area contributed by atoms with Gasteiger partial charge in [-0.15, -0.1) is 0 Å². The highest BCUT2D eigenvalue weighted by Crippen LogP contribution is 2.35. The predicted molar refractivity (Wildman–Crippen MR) is 140 cm³/mol. The topological polar surface area (TPSA) is 60.8 Å². The van der Waals surface area contributed by atoms with E-state index in [9.17, 15) is 22.8 Å². The average molecular weight is 563 g/mol. The van der Waals surface area contributed by atoms with Gasteiger partial charge in [-0.2, -0.15) is 13.2 Å². The second kappa shape index (κ2) is 10.6. The number of carbonyl (C=O) groups is 2. The molecule has 3 heterocycles. The van der Waals surface area contributed by atoms with Crippen LogP contribution in [0.1, 0.15) is 23.3 Å². The molecule has 39 heavy (non-hydrogen) atoms. The number of aromatic nitrogens is 1. The molecule has 0 radical (unpaired) electrons. The number of amides is 2. The summed E-state index contributed by atoms with van der Waals surface area (Å²) in [6.45, 7) is 1.18. The third kappa shape index (κ3) is 5.35. The largest absolute Gasteiger partial charge is 0.509 e. The Kier molecular flexibility index (Phi) is 7.35. The summed E-state index contributed by atoms with van der Waals surface area (Å²) in [5.41, 5.74) is 3.04. The fraction of sp³-hybridized carbons (Fsp3) is 0.357. The summed E-state index contributed by atoms with van der Waals surface area (Å²) in [5.74, 6) is -1.21. The SMILES string of the molecule is COc1cc(N2CCn3cc(-c4ccc(Cl)cc4)cc3C2=O)ccc1OCC[N+]1(C(=O)C(F)(F)F)CCCC1. The van der Waals surface area contributed by atoms with Gasteiger partial charge in [-0.05, 0) is 35.9 Å². The summed E-state index contributed by atoms with van der Waals surface area (Å²) in [6.07, 6.45) is -1.81. The lowest BCUT2D eigenvalue weighted by atomic mass is 10.1. The summed E-state index contributed by atoms with van der Waals surface area (Å²) in [4.78, 5) is 27.1. The lowest BCUT2D eigenvalue weighted by molar-refractivity contribution is -0.847. The molecule has 7 nitrogen and oxygen atoms in total. The number of fused-ring (bicyclic) bond motifs is 1. The number of ether oxygens (including phenoxy) is 2. The third-order valence-corrected chi connectivity index (χ3v) is 7.69. The van der Waals surface area contributed by atoms with Crippen molar-refractivity contribution in [3.63, 3.8) is 0 Å². The summed E-state index contributed by atoms with van der Waals surface area (Å²) in [7, 11) is 1.45. The first-order valence-electron chi connectivity index (χ1n) is 12.7. The molecule has 0 aliphatic carbocycles. The van der Waals surface area contributed by atoms with E-state index in [0.717, 1.165) is 11.1 Å². The molecule has 0 atom stereocenters. The molecule has 11 heteroatoms. The fourth-order valence-electron chi connectivity index (χ4n) is 5.38. The van der Waals surface area contributed by atoms with E-state index in [-0.39, 0.29) is 32.1 Å². The first kappa shape index (κ1) is 27.1. The average Bonchev–Trinajstić information content (AvgIpc) is 3.57. The van der Waals surface area contributed by atoms with Gasteiger partial charge in [0.1, 0.15) is 18.8 Å². The maximum absolute atomic E-state index is 13.4. The zero-order valence-electron chi connectivity index (χ0n) is 21.3. The van der Waals surface area contributed by atoms with E-state index in [0.29, 0.717) is 53.8 Å². The number of likely N-dealkylation sites (tertiary alicyclic amines) is 1. The van der Waals surface area contributed by atoms with Crippen LogP contribution in [0.3, 0.4) is 0 Å². The maximum atomic E-state index is 13.4. The van der Waals surface area contributed by atoms with Crippen molar-refractivity contribution in [2.24, 2.45) is 0 Å². The van der Waals surface area contributed by atoms with Gasteiger partial charge >= 0.3 is 12.1 Å². The molecule has 0 spiro atoms. The van der Waals surface area contributed by atoms with Crippen molar-refractivity contribution in [3.8, 4) is 22.6 Å². The quantitative estimate of drug-likeness (QED) is 0.354. The van der Waals surface area contributed by atoms with Crippen LogP contribution in [-0.4, -0.2) is 66.9 Å². The molecule has 2 aliphatic rings. The molecule has 2 amide bonds. The number of hydrogen-bond donors (Lipinski definition) is 0. The number of rotatable bonds is 7. The lowest BCUT2D eigenvalue weighted by Gasteiger charge is -2.31. The Labute approximate surface area is 228 Å². The molecule has 0 saturated carbocycles. The highest BCUT2D eigenvalue weighted by atomic mass is 35.5. The second-order valence-corrected chi connectivity index (χ2v) is 10.2. The Morgan fingerprint density at radius 2 is 1.72 bits per heavy atom. The molecular formula is C28H28ClF3N3O4+. The van der Waals surface area contributed by atoms with Crippen molar-refractivity contribution >= 4 is 29.1 Å². The van der Waals surface area contributed by atoms with Gasteiger partial charge in [0, 0.05) is 54.5 Å². The van der Waals surface area contributed by atoms with E-state index in [1.807, 2.05) is 29.0 Å². The van der Waals surface area contributed by atoms with Gasteiger partial charge in [0.25, 0.3) is 5.91 Å². The van der Waals surface area contributed by atoms with Gasteiger partial charge in [0.15, 0.2) is 11.5 Å². The molecule has 5 rings (SSSR count). The Morgan fingerprint density at radius 1 is 1.00 bits per heavy atom. The summed E-state index contributed by atoms with van der Waals surface area (Å²) >= 11 is 6.00. The number of anilines is 1. The van der Waals surface area contributed by atoms with E-state index in [1.165, 1.54) is 7.11 Å². The molecule has 3 aromatic rings. The minimum atomic E-state index is -4.89.